The van der Waals surface area contributed by atoms with E-state index in [1.165, 1.54) is 25.7 Å². The van der Waals surface area contributed by atoms with Gasteiger partial charge in [-0.05, 0) is 25.2 Å². The Morgan fingerprint density at radius 3 is 2.59 bits per heavy atom. The van der Waals surface area contributed by atoms with Crippen LogP contribution in [0.15, 0.2) is 0 Å². The Morgan fingerprint density at radius 2 is 1.94 bits per heavy atom. The predicted molar refractivity (Wildman–Crippen MR) is 69.8 cm³/mol. The number of hydrogen-bond acceptors (Lipinski definition) is 2. The van der Waals surface area contributed by atoms with E-state index in [1.54, 1.807) is 0 Å². The highest BCUT2D eigenvalue weighted by molar-refractivity contribution is 5.84. The standard InChI is InChI=1S/C14H26N2O/c1-10(2)15-12-8-9-16(14(12)17)13-7-5-4-6-11(13)3/h10-13,15H,4-9H2,1-3H3. The van der Waals surface area contributed by atoms with Gasteiger partial charge in [-0.25, -0.2) is 0 Å². The topological polar surface area (TPSA) is 32.3 Å². The van der Waals surface area contributed by atoms with E-state index in [4.69, 9.17) is 0 Å². The number of carbonyl (C=O) groups is 1. The Labute approximate surface area is 105 Å². The molecule has 2 aliphatic rings. The SMILES string of the molecule is CC(C)NC1CCN(C2CCCCC2C)C1=O. The molecule has 3 heteroatoms. The van der Waals surface area contributed by atoms with E-state index in [2.05, 4.69) is 31.0 Å². The number of carbonyl (C=O) groups excluding carboxylic acids is 1. The zero-order valence-corrected chi connectivity index (χ0v) is 11.4. The molecule has 3 nitrogen and oxygen atoms in total. The molecule has 1 N–H and O–H groups in total. The summed E-state index contributed by atoms with van der Waals surface area (Å²) in [7, 11) is 0. The van der Waals surface area contributed by atoms with Crippen LogP contribution in [0.2, 0.25) is 0 Å². The fourth-order valence-electron chi connectivity index (χ4n) is 3.35. The first-order valence-electron chi connectivity index (χ1n) is 7.16. The smallest absolute Gasteiger partial charge is 0.240 e. The summed E-state index contributed by atoms with van der Waals surface area (Å²) in [5.41, 5.74) is 0. The minimum atomic E-state index is 0.0733. The maximum Gasteiger partial charge on any atom is 0.240 e. The molecule has 0 spiro atoms. The summed E-state index contributed by atoms with van der Waals surface area (Å²) in [4.78, 5) is 14.5. The lowest BCUT2D eigenvalue weighted by Gasteiger charge is -2.36. The first kappa shape index (κ1) is 12.9. The molecule has 0 radical (unpaired) electrons. The molecule has 1 saturated heterocycles. The van der Waals surface area contributed by atoms with Crippen LogP contribution < -0.4 is 5.32 Å². The molecule has 1 heterocycles. The number of rotatable bonds is 3. The molecule has 1 saturated carbocycles. The third-order valence-electron chi connectivity index (χ3n) is 4.24. The Bertz CT molecular complexity index is 277. The average molecular weight is 238 g/mol. The van der Waals surface area contributed by atoms with Gasteiger partial charge in [0.05, 0.1) is 6.04 Å². The number of likely N-dealkylation sites (tertiary alicyclic amines) is 1. The second kappa shape index (κ2) is 5.38. The van der Waals surface area contributed by atoms with E-state index in [0.717, 1.165) is 13.0 Å². The van der Waals surface area contributed by atoms with Crippen LogP contribution in [0.1, 0.15) is 52.9 Å². The van der Waals surface area contributed by atoms with Gasteiger partial charge in [0.2, 0.25) is 5.91 Å². The molecular weight excluding hydrogens is 212 g/mol. The molecule has 1 aliphatic carbocycles. The van der Waals surface area contributed by atoms with E-state index in [-0.39, 0.29) is 6.04 Å². The normalized spacial score (nSPS) is 34.7. The van der Waals surface area contributed by atoms with Gasteiger partial charge in [0.25, 0.3) is 0 Å². The summed E-state index contributed by atoms with van der Waals surface area (Å²) >= 11 is 0. The zero-order valence-electron chi connectivity index (χ0n) is 11.4. The van der Waals surface area contributed by atoms with Gasteiger partial charge in [-0.15, -0.1) is 0 Å². The molecule has 17 heavy (non-hydrogen) atoms. The fraction of sp³-hybridized carbons (Fsp3) is 0.929. The number of nitrogens with zero attached hydrogens (tertiary/aromatic N) is 1. The van der Waals surface area contributed by atoms with Crippen molar-refractivity contribution >= 4 is 5.91 Å². The van der Waals surface area contributed by atoms with Crippen LogP contribution in [0.25, 0.3) is 0 Å². The second-order valence-corrected chi connectivity index (χ2v) is 6.02. The molecule has 1 amide bonds. The quantitative estimate of drug-likeness (QED) is 0.817. The molecule has 0 aromatic heterocycles. The zero-order chi connectivity index (χ0) is 12.4. The van der Waals surface area contributed by atoms with E-state index in [1.807, 2.05) is 0 Å². The Hall–Kier alpha value is -0.570. The molecule has 2 rings (SSSR count). The van der Waals surface area contributed by atoms with Crippen molar-refractivity contribution in [3.63, 3.8) is 0 Å². The Morgan fingerprint density at radius 1 is 1.24 bits per heavy atom. The molecule has 98 valence electrons. The largest absolute Gasteiger partial charge is 0.338 e. The van der Waals surface area contributed by atoms with Gasteiger partial charge < -0.3 is 10.2 Å². The van der Waals surface area contributed by atoms with Crippen molar-refractivity contribution in [1.29, 1.82) is 0 Å². The van der Waals surface area contributed by atoms with Gasteiger partial charge in [-0.1, -0.05) is 33.6 Å². The third-order valence-corrected chi connectivity index (χ3v) is 4.24. The fourth-order valence-corrected chi connectivity index (χ4v) is 3.35. The van der Waals surface area contributed by atoms with Crippen LogP contribution in [0.3, 0.4) is 0 Å². The molecule has 1 aliphatic heterocycles. The highest BCUT2D eigenvalue weighted by Crippen LogP contribution is 2.30. The van der Waals surface area contributed by atoms with E-state index in [0.29, 0.717) is 23.9 Å². The van der Waals surface area contributed by atoms with E-state index in [9.17, 15) is 4.79 Å². The summed E-state index contributed by atoms with van der Waals surface area (Å²) in [6.07, 6.45) is 6.12. The van der Waals surface area contributed by atoms with Crippen molar-refractivity contribution in [2.45, 2.75) is 71.0 Å². The van der Waals surface area contributed by atoms with Gasteiger partial charge in [-0.2, -0.15) is 0 Å². The first-order valence-corrected chi connectivity index (χ1v) is 7.16. The number of nitrogens with one attached hydrogen (secondary N) is 1. The minimum absolute atomic E-state index is 0.0733. The summed E-state index contributed by atoms with van der Waals surface area (Å²) in [5.74, 6) is 1.03. The van der Waals surface area contributed by atoms with Crippen molar-refractivity contribution in [3.8, 4) is 0 Å². The average Bonchev–Trinajstić information content (AvgIpc) is 2.61. The first-order chi connectivity index (χ1) is 8.09. The van der Waals surface area contributed by atoms with Crippen LogP contribution in [-0.4, -0.2) is 35.5 Å². The molecule has 2 fully saturated rings. The lowest BCUT2D eigenvalue weighted by molar-refractivity contribution is -0.133. The highest BCUT2D eigenvalue weighted by atomic mass is 16.2. The van der Waals surface area contributed by atoms with Gasteiger partial charge in [0.15, 0.2) is 0 Å². The van der Waals surface area contributed by atoms with Gasteiger partial charge in [0, 0.05) is 18.6 Å². The van der Waals surface area contributed by atoms with Crippen LogP contribution in [0.4, 0.5) is 0 Å². The predicted octanol–water partition coefficient (Wildman–Crippen LogP) is 2.16. The maximum atomic E-state index is 12.3. The van der Waals surface area contributed by atoms with Crippen molar-refractivity contribution in [2.24, 2.45) is 5.92 Å². The van der Waals surface area contributed by atoms with Crippen molar-refractivity contribution in [2.75, 3.05) is 6.54 Å². The molecule has 3 unspecified atom stereocenters. The highest BCUT2D eigenvalue weighted by Gasteiger charge is 2.38. The van der Waals surface area contributed by atoms with Crippen LogP contribution in [-0.2, 0) is 4.79 Å². The molecular formula is C14H26N2O. The molecule has 0 bridgehead atoms. The van der Waals surface area contributed by atoms with Gasteiger partial charge in [-0.3, -0.25) is 4.79 Å². The summed E-state index contributed by atoms with van der Waals surface area (Å²) in [6.45, 7) is 7.48. The van der Waals surface area contributed by atoms with Crippen LogP contribution in [0, 0.1) is 5.92 Å². The van der Waals surface area contributed by atoms with Crippen LogP contribution in [0.5, 0.6) is 0 Å². The molecule has 0 aromatic carbocycles. The minimum Gasteiger partial charge on any atom is -0.338 e. The van der Waals surface area contributed by atoms with Crippen LogP contribution >= 0.6 is 0 Å². The Kier molecular flexibility index (Phi) is 4.08. The molecule has 3 atom stereocenters. The summed E-state index contributed by atoms with van der Waals surface area (Å²) in [5, 5.41) is 3.38. The van der Waals surface area contributed by atoms with Crippen molar-refractivity contribution in [3.05, 3.63) is 0 Å². The lowest BCUT2D eigenvalue weighted by atomic mass is 9.85. The summed E-state index contributed by atoms with van der Waals surface area (Å²) < 4.78 is 0. The van der Waals surface area contributed by atoms with Crippen molar-refractivity contribution < 1.29 is 4.79 Å². The van der Waals surface area contributed by atoms with Gasteiger partial charge in [0.1, 0.15) is 0 Å². The van der Waals surface area contributed by atoms with Gasteiger partial charge >= 0.3 is 0 Å². The maximum absolute atomic E-state index is 12.3. The monoisotopic (exact) mass is 238 g/mol. The molecule has 0 aromatic rings. The van der Waals surface area contributed by atoms with Crippen molar-refractivity contribution in [1.82, 2.24) is 10.2 Å². The van der Waals surface area contributed by atoms with E-state index < -0.39 is 0 Å². The van der Waals surface area contributed by atoms with E-state index >= 15 is 0 Å². The number of hydrogen-bond donors (Lipinski definition) is 1. The summed E-state index contributed by atoms with van der Waals surface area (Å²) in [6, 6.07) is 0.979. The Balaban J connectivity index is 1.96. The number of amides is 1. The third kappa shape index (κ3) is 2.82. The second-order valence-electron chi connectivity index (χ2n) is 6.02. The lowest BCUT2D eigenvalue weighted by Crippen LogP contribution is -2.47.